The van der Waals surface area contributed by atoms with Crippen molar-refractivity contribution in [3.8, 4) is 0 Å². The lowest BCUT2D eigenvalue weighted by molar-refractivity contribution is -0.123. The standard InChI is InChI=1S/C17H22BrN5O3/c1-8(2)12-11(18)13(23-22-12)14(24)19-10-6-4-5-9(7-10)17(3)15(25)20-16(26)21-17/h4-8,11-13,22-23H,1-3H3,(H,19,24)(H2,20,21,25,26). The third kappa shape index (κ3) is 3.34. The molecule has 2 aliphatic rings. The predicted molar refractivity (Wildman–Crippen MR) is 100 cm³/mol. The highest BCUT2D eigenvalue weighted by molar-refractivity contribution is 9.09. The van der Waals surface area contributed by atoms with Gasteiger partial charge < -0.3 is 10.6 Å². The smallest absolute Gasteiger partial charge is 0.322 e. The van der Waals surface area contributed by atoms with Gasteiger partial charge in [0.2, 0.25) is 5.91 Å². The second kappa shape index (κ2) is 6.98. The van der Waals surface area contributed by atoms with Gasteiger partial charge in [-0.25, -0.2) is 10.2 Å². The molecule has 5 N–H and O–H groups in total. The highest BCUT2D eigenvalue weighted by Crippen LogP contribution is 2.27. The van der Waals surface area contributed by atoms with Gasteiger partial charge in [0.1, 0.15) is 11.6 Å². The average Bonchev–Trinajstić information content (AvgIpc) is 3.08. The highest BCUT2D eigenvalue weighted by Gasteiger charge is 2.44. The van der Waals surface area contributed by atoms with E-state index in [4.69, 9.17) is 0 Å². The Morgan fingerprint density at radius 3 is 2.58 bits per heavy atom. The zero-order chi connectivity index (χ0) is 19.1. The van der Waals surface area contributed by atoms with Crippen LogP contribution in [0.5, 0.6) is 0 Å². The first-order valence-electron chi connectivity index (χ1n) is 8.42. The zero-order valence-electron chi connectivity index (χ0n) is 14.7. The van der Waals surface area contributed by atoms with E-state index in [-0.39, 0.29) is 16.8 Å². The topological polar surface area (TPSA) is 111 Å². The fourth-order valence-electron chi connectivity index (χ4n) is 3.17. The Morgan fingerprint density at radius 2 is 2.00 bits per heavy atom. The monoisotopic (exact) mass is 423 g/mol. The fraction of sp³-hybridized carbons (Fsp3) is 0.471. The summed E-state index contributed by atoms with van der Waals surface area (Å²) in [5.41, 5.74) is 6.14. The van der Waals surface area contributed by atoms with E-state index in [1.165, 1.54) is 0 Å². The molecule has 0 saturated carbocycles. The van der Waals surface area contributed by atoms with Gasteiger partial charge in [0.25, 0.3) is 5.91 Å². The number of hydrogen-bond acceptors (Lipinski definition) is 5. The van der Waals surface area contributed by atoms with Gasteiger partial charge in [-0.1, -0.05) is 41.9 Å². The Kier molecular flexibility index (Phi) is 5.05. The number of urea groups is 1. The van der Waals surface area contributed by atoms with Gasteiger partial charge >= 0.3 is 6.03 Å². The van der Waals surface area contributed by atoms with Crippen LogP contribution in [-0.2, 0) is 15.1 Å². The number of carbonyl (C=O) groups is 3. The molecule has 26 heavy (non-hydrogen) atoms. The molecule has 2 saturated heterocycles. The summed E-state index contributed by atoms with van der Waals surface area (Å²) < 4.78 is 0. The molecule has 140 valence electrons. The van der Waals surface area contributed by atoms with Crippen LogP contribution in [0.15, 0.2) is 24.3 Å². The van der Waals surface area contributed by atoms with Crippen LogP contribution in [0.4, 0.5) is 10.5 Å². The van der Waals surface area contributed by atoms with Crippen LogP contribution in [0.2, 0.25) is 0 Å². The van der Waals surface area contributed by atoms with Crippen molar-refractivity contribution in [1.82, 2.24) is 21.5 Å². The second-order valence-electron chi connectivity index (χ2n) is 7.08. The van der Waals surface area contributed by atoms with Gasteiger partial charge in [0, 0.05) is 11.7 Å². The van der Waals surface area contributed by atoms with Crippen molar-refractivity contribution in [1.29, 1.82) is 0 Å². The van der Waals surface area contributed by atoms with Crippen molar-refractivity contribution in [3.63, 3.8) is 0 Å². The number of carbonyl (C=O) groups excluding carboxylic acids is 3. The summed E-state index contributed by atoms with van der Waals surface area (Å²) in [4.78, 5) is 36.1. The summed E-state index contributed by atoms with van der Waals surface area (Å²) in [6.45, 7) is 5.79. The largest absolute Gasteiger partial charge is 0.325 e. The SMILES string of the molecule is CC(C)C1NNC(C(=O)Nc2cccc(C3(C)NC(=O)NC3=O)c2)C1Br. The summed E-state index contributed by atoms with van der Waals surface area (Å²) in [7, 11) is 0. The van der Waals surface area contributed by atoms with Crippen molar-refractivity contribution in [2.75, 3.05) is 5.32 Å². The van der Waals surface area contributed by atoms with E-state index < -0.39 is 23.5 Å². The molecule has 1 aromatic rings. The number of anilines is 1. The summed E-state index contributed by atoms with van der Waals surface area (Å²) in [6.07, 6.45) is 0. The van der Waals surface area contributed by atoms with Crippen LogP contribution in [0.25, 0.3) is 0 Å². The maximum Gasteiger partial charge on any atom is 0.322 e. The fourth-order valence-corrected chi connectivity index (χ4v) is 4.29. The second-order valence-corrected chi connectivity index (χ2v) is 8.14. The van der Waals surface area contributed by atoms with Crippen LogP contribution >= 0.6 is 15.9 Å². The summed E-state index contributed by atoms with van der Waals surface area (Å²) in [6, 6.07) is 6.06. The predicted octanol–water partition coefficient (Wildman–Crippen LogP) is 0.944. The molecular weight excluding hydrogens is 402 g/mol. The van der Waals surface area contributed by atoms with Crippen LogP contribution in [0.3, 0.4) is 0 Å². The lowest BCUT2D eigenvalue weighted by Gasteiger charge is -2.22. The average molecular weight is 424 g/mol. The third-order valence-corrected chi connectivity index (χ3v) is 5.92. The van der Waals surface area contributed by atoms with E-state index >= 15 is 0 Å². The van der Waals surface area contributed by atoms with Gasteiger partial charge in [0.05, 0.1) is 4.83 Å². The van der Waals surface area contributed by atoms with Gasteiger partial charge in [0.15, 0.2) is 0 Å². The van der Waals surface area contributed by atoms with E-state index in [2.05, 4.69) is 56.6 Å². The normalized spacial score (nSPS) is 31.0. The van der Waals surface area contributed by atoms with Crippen LogP contribution in [-0.4, -0.2) is 34.8 Å². The Morgan fingerprint density at radius 1 is 1.27 bits per heavy atom. The Bertz CT molecular complexity index is 756. The molecule has 3 rings (SSSR count). The molecular formula is C17H22BrN5O3. The lowest BCUT2D eigenvalue weighted by Crippen LogP contribution is -2.43. The number of hydrogen-bond donors (Lipinski definition) is 5. The van der Waals surface area contributed by atoms with Crippen molar-refractivity contribution in [3.05, 3.63) is 29.8 Å². The number of rotatable bonds is 4. The minimum atomic E-state index is -1.16. The molecule has 2 fully saturated rings. The molecule has 0 spiro atoms. The number of amides is 4. The molecule has 2 aliphatic heterocycles. The van der Waals surface area contributed by atoms with E-state index in [0.29, 0.717) is 17.2 Å². The molecule has 4 amide bonds. The molecule has 0 aliphatic carbocycles. The number of halogens is 1. The molecule has 9 heteroatoms. The quantitative estimate of drug-likeness (QED) is 0.365. The number of nitrogens with one attached hydrogen (secondary N) is 5. The molecule has 2 heterocycles. The molecule has 0 aromatic heterocycles. The number of hydrazine groups is 1. The lowest BCUT2D eigenvalue weighted by atomic mass is 9.92. The third-order valence-electron chi connectivity index (χ3n) is 4.82. The van der Waals surface area contributed by atoms with Gasteiger partial charge in [-0.15, -0.1) is 0 Å². The van der Waals surface area contributed by atoms with Crippen molar-refractivity contribution < 1.29 is 14.4 Å². The zero-order valence-corrected chi connectivity index (χ0v) is 16.3. The van der Waals surface area contributed by atoms with Crippen molar-refractivity contribution >= 4 is 39.5 Å². The minimum Gasteiger partial charge on any atom is -0.325 e. The molecule has 0 radical (unpaired) electrons. The maximum absolute atomic E-state index is 12.6. The van der Waals surface area contributed by atoms with Crippen LogP contribution < -0.4 is 26.8 Å². The number of benzene rings is 1. The molecule has 1 aromatic carbocycles. The van der Waals surface area contributed by atoms with Crippen LogP contribution in [0.1, 0.15) is 26.3 Å². The Balaban J connectivity index is 1.75. The number of alkyl halides is 1. The van der Waals surface area contributed by atoms with Gasteiger partial charge in [-0.2, -0.15) is 0 Å². The van der Waals surface area contributed by atoms with Gasteiger partial charge in [-0.3, -0.25) is 20.3 Å². The van der Waals surface area contributed by atoms with Crippen molar-refractivity contribution in [2.24, 2.45) is 5.92 Å². The number of imide groups is 1. The summed E-state index contributed by atoms with van der Waals surface area (Å²) >= 11 is 3.59. The molecule has 4 unspecified atom stereocenters. The first-order chi connectivity index (χ1) is 12.2. The van der Waals surface area contributed by atoms with E-state index in [1.807, 2.05) is 0 Å². The first kappa shape index (κ1) is 18.8. The highest BCUT2D eigenvalue weighted by atomic mass is 79.9. The molecule has 0 bridgehead atoms. The van der Waals surface area contributed by atoms with Crippen molar-refractivity contribution in [2.45, 2.75) is 43.2 Å². The first-order valence-corrected chi connectivity index (χ1v) is 9.34. The molecule has 8 nitrogen and oxygen atoms in total. The Hall–Kier alpha value is -1.97. The van der Waals surface area contributed by atoms with Crippen LogP contribution in [0, 0.1) is 5.92 Å². The van der Waals surface area contributed by atoms with E-state index in [9.17, 15) is 14.4 Å². The molecule has 4 atom stereocenters. The summed E-state index contributed by atoms with van der Waals surface area (Å²) in [5.74, 6) is -0.255. The van der Waals surface area contributed by atoms with E-state index in [0.717, 1.165) is 0 Å². The van der Waals surface area contributed by atoms with E-state index in [1.54, 1.807) is 31.2 Å². The maximum atomic E-state index is 12.6. The summed E-state index contributed by atoms with van der Waals surface area (Å²) in [5, 5.41) is 7.71. The van der Waals surface area contributed by atoms with Gasteiger partial charge in [-0.05, 0) is 30.5 Å². The Labute approximate surface area is 160 Å². The minimum absolute atomic E-state index is 0.0527.